The Morgan fingerprint density at radius 2 is 2.50 bits per heavy atom. The number of allylic oxidation sites excluding steroid dienone is 4. The molecule has 0 aromatic heterocycles. The van der Waals surface area contributed by atoms with Crippen LogP contribution < -0.4 is 0 Å². The molecule has 0 aliphatic heterocycles. The van der Waals surface area contributed by atoms with Gasteiger partial charge in [0, 0.05) is 5.57 Å². The first kappa shape index (κ1) is 7.55. The highest BCUT2D eigenvalue weighted by Gasteiger charge is 2.17. The molecule has 0 saturated heterocycles. The molecule has 0 N–H and O–H groups in total. The average molecular weight is 157 g/mol. The minimum Gasteiger partial charge on any atom is -0.298 e. The van der Waals surface area contributed by atoms with E-state index in [1.807, 2.05) is 19.1 Å². The van der Waals surface area contributed by atoms with Crippen LogP contribution in [0.5, 0.6) is 0 Å². The van der Waals surface area contributed by atoms with Crippen LogP contribution in [0.1, 0.15) is 13.3 Å². The standard InChI is InChI=1S/C8H9ClO/c1-8(9)4-2-7(6-10)3-5-8/h2-4,6H,5H2,1H3. The van der Waals surface area contributed by atoms with E-state index in [2.05, 4.69) is 0 Å². The van der Waals surface area contributed by atoms with Crippen molar-refractivity contribution in [3.63, 3.8) is 0 Å². The van der Waals surface area contributed by atoms with Crippen molar-refractivity contribution in [1.82, 2.24) is 0 Å². The summed E-state index contributed by atoms with van der Waals surface area (Å²) in [7, 11) is 0. The van der Waals surface area contributed by atoms with Gasteiger partial charge in [-0.25, -0.2) is 0 Å². The number of rotatable bonds is 1. The summed E-state index contributed by atoms with van der Waals surface area (Å²) in [6, 6.07) is 0. The number of carbonyl (C=O) groups is 1. The van der Waals surface area contributed by atoms with Crippen molar-refractivity contribution >= 4 is 17.9 Å². The van der Waals surface area contributed by atoms with Crippen LogP contribution in [0, 0.1) is 0 Å². The molecule has 0 fully saturated rings. The molecule has 0 radical (unpaired) electrons. The number of hydrogen-bond acceptors (Lipinski definition) is 1. The second kappa shape index (κ2) is 2.59. The summed E-state index contributed by atoms with van der Waals surface area (Å²) in [6.07, 6.45) is 7.02. The third-order valence-corrected chi connectivity index (χ3v) is 1.78. The Kier molecular flexibility index (Phi) is 1.95. The van der Waals surface area contributed by atoms with Crippen LogP contribution in [0.15, 0.2) is 23.8 Å². The van der Waals surface area contributed by atoms with Gasteiger partial charge in [0.05, 0.1) is 4.87 Å². The van der Waals surface area contributed by atoms with E-state index >= 15 is 0 Å². The third kappa shape index (κ3) is 1.71. The quantitative estimate of drug-likeness (QED) is 0.420. The molecule has 0 saturated carbocycles. The molecule has 10 heavy (non-hydrogen) atoms. The van der Waals surface area contributed by atoms with E-state index in [1.165, 1.54) is 0 Å². The predicted molar refractivity (Wildman–Crippen MR) is 42.2 cm³/mol. The molecule has 1 unspecified atom stereocenters. The van der Waals surface area contributed by atoms with Gasteiger partial charge in [-0.15, -0.1) is 11.6 Å². The monoisotopic (exact) mass is 156 g/mol. The van der Waals surface area contributed by atoms with Crippen LogP contribution >= 0.6 is 11.6 Å². The first-order valence-corrected chi connectivity index (χ1v) is 3.55. The van der Waals surface area contributed by atoms with Gasteiger partial charge in [0.2, 0.25) is 0 Å². The van der Waals surface area contributed by atoms with E-state index in [0.717, 1.165) is 18.3 Å². The number of hydrogen-bond donors (Lipinski definition) is 0. The van der Waals surface area contributed by atoms with E-state index in [1.54, 1.807) is 6.08 Å². The molecule has 1 aliphatic carbocycles. The van der Waals surface area contributed by atoms with Crippen molar-refractivity contribution in [3.8, 4) is 0 Å². The fraction of sp³-hybridized carbons (Fsp3) is 0.375. The maximum absolute atomic E-state index is 10.2. The molecule has 1 aliphatic rings. The molecule has 1 rings (SSSR count). The molecule has 0 bridgehead atoms. The van der Waals surface area contributed by atoms with Crippen molar-refractivity contribution in [3.05, 3.63) is 23.8 Å². The molecule has 1 nitrogen and oxygen atoms in total. The van der Waals surface area contributed by atoms with Gasteiger partial charge in [-0.05, 0) is 13.3 Å². The van der Waals surface area contributed by atoms with Crippen molar-refractivity contribution in [2.75, 3.05) is 0 Å². The van der Waals surface area contributed by atoms with Crippen molar-refractivity contribution in [2.24, 2.45) is 0 Å². The molecule has 54 valence electrons. The average Bonchev–Trinajstić information content (AvgIpc) is 1.88. The maximum atomic E-state index is 10.2. The summed E-state index contributed by atoms with van der Waals surface area (Å²) in [5, 5.41) is 0. The normalized spacial score (nSPS) is 31.6. The Hall–Kier alpha value is -0.560. The Morgan fingerprint density at radius 3 is 2.90 bits per heavy atom. The number of halogens is 1. The minimum absolute atomic E-state index is 0.285. The molecule has 0 spiro atoms. The van der Waals surface area contributed by atoms with Crippen LogP contribution in [0.2, 0.25) is 0 Å². The van der Waals surface area contributed by atoms with Crippen LogP contribution in [-0.2, 0) is 4.79 Å². The van der Waals surface area contributed by atoms with E-state index in [9.17, 15) is 4.79 Å². The lowest BCUT2D eigenvalue weighted by molar-refractivity contribution is -0.104. The summed E-state index contributed by atoms with van der Waals surface area (Å²) >= 11 is 5.95. The maximum Gasteiger partial charge on any atom is 0.149 e. The van der Waals surface area contributed by atoms with E-state index in [4.69, 9.17) is 11.6 Å². The molecule has 0 aromatic carbocycles. The first-order valence-electron chi connectivity index (χ1n) is 3.17. The molecule has 0 aromatic rings. The summed E-state index contributed by atoms with van der Waals surface area (Å²) in [5.41, 5.74) is 0.720. The summed E-state index contributed by atoms with van der Waals surface area (Å²) in [4.78, 5) is 9.92. The third-order valence-electron chi connectivity index (χ3n) is 1.50. The summed E-state index contributed by atoms with van der Waals surface area (Å²) in [5.74, 6) is 0. The van der Waals surface area contributed by atoms with Gasteiger partial charge in [-0.1, -0.05) is 18.2 Å². The fourth-order valence-electron chi connectivity index (χ4n) is 0.811. The number of carbonyl (C=O) groups excluding carboxylic acids is 1. The second-order valence-electron chi connectivity index (χ2n) is 2.64. The highest BCUT2D eigenvalue weighted by molar-refractivity contribution is 6.25. The molecule has 1 atom stereocenters. The predicted octanol–water partition coefficient (Wildman–Crippen LogP) is 2.07. The molecule has 0 amide bonds. The first-order chi connectivity index (χ1) is 4.64. The molecule has 2 heteroatoms. The van der Waals surface area contributed by atoms with Crippen LogP contribution in [0.3, 0.4) is 0 Å². The lowest BCUT2D eigenvalue weighted by Crippen LogP contribution is -2.13. The zero-order valence-corrected chi connectivity index (χ0v) is 6.56. The van der Waals surface area contributed by atoms with Gasteiger partial charge in [0.25, 0.3) is 0 Å². The zero-order chi connectivity index (χ0) is 7.61. The van der Waals surface area contributed by atoms with Gasteiger partial charge < -0.3 is 0 Å². The van der Waals surface area contributed by atoms with Gasteiger partial charge in [0.1, 0.15) is 6.29 Å². The van der Waals surface area contributed by atoms with Gasteiger partial charge in [-0.2, -0.15) is 0 Å². The van der Waals surface area contributed by atoms with Gasteiger partial charge >= 0.3 is 0 Å². The lowest BCUT2D eigenvalue weighted by Gasteiger charge is -2.18. The SMILES string of the molecule is CC1(Cl)C=CC(C=O)=CC1. The Balaban J connectivity index is 2.72. The number of aldehydes is 1. The van der Waals surface area contributed by atoms with Gasteiger partial charge in [0.15, 0.2) is 0 Å². The topological polar surface area (TPSA) is 17.1 Å². The van der Waals surface area contributed by atoms with Gasteiger partial charge in [-0.3, -0.25) is 4.79 Å². The molecular formula is C8H9ClO. The van der Waals surface area contributed by atoms with E-state index < -0.39 is 0 Å². The van der Waals surface area contributed by atoms with Crippen LogP contribution in [0.4, 0.5) is 0 Å². The largest absolute Gasteiger partial charge is 0.298 e. The Labute approximate surface area is 65.4 Å². The van der Waals surface area contributed by atoms with E-state index in [0.29, 0.717) is 0 Å². The van der Waals surface area contributed by atoms with Crippen molar-refractivity contribution < 1.29 is 4.79 Å². The van der Waals surface area contributed by atoms with Crippen LogP contribution in [-0.4, -0.2) is 11.2 Å². The lowest BCUT2D eigenvalue weighted by atomic mass is 9.98. The summed E-state index contributed by atoms with van der Waals surface area (Å²) in [6.45, 7) is 1.92. The Bertz CT molecular complexity index is 201. The zero-order valence-electron chi connectivity index (χ0n) is 5.80. The second-order valence-corrected chi connectivity index (χ2v) is 3.50. The Morgan fingerprint density at radius 1 is 1.80 bits per heavy atom. The number of alkyl halides is 1. The van der Waals surface area contributed by atoms with Crippen molar-refractivity contribution in [1.29, 1.82) is 0 Å². The van der Waals surface area contributed by atoms with Crippen LogP contribution in [0.25, 0.3) is 0 Å². The fourth-order valence-corrected chi connectivity index (χ4v) is 0.951. The molecular weight excluding hydrogens is 148 g/mol. The van der Waals surface area contributed by atoms with E-state index in [-0.39, 0.29) is 4.87 Å². The summed E-state index contributed by atoms with van der Waals surface area (Å²) < 4.78 is 0. The molecule has 0 heterocycles. The highest BCUT2D eigenvalue weighted by Crippen LogP contribution is 2.25. The smallest absolute Gasteiger partial charge is 0.149 e. The minimum atomic E-state index is -0.285. The highest BCUT2D eigenvalue weighted by atomic mass is 35.5. The van der Waals surface area contributed by atoms with Crippen molar-refractivity contribution in [2.45, 2.75) is 18.2 Å².